The maximum Gasteiger partial charge on any atom is 0.128 e. The van der Waals surface area contributed by atoms with Gasteiger partial charge < -0.3 is 0 Å². The molecule has 1 heterocycles. The first-order chi connectivity index (χ1) is 7.74. The Kier molecular flexibility index (Phi) is 3.23. The molecule has 0 aliphatic heterocycles. The molecule has 3 N–H and O–H groups in total. The monoisotopic (exact) mass is 238 g/mol. The minimum atomic E-state index is -0.402. The summed E-state index contributed by atoms with van der Waals surface area (Å²) < 4.78 is 17.4. The lowest BCUT2D eigenvalue weighted by Gasteiger charge is -2.15. The van der Waals surface area contributed by atoms with E-state index in [2.05, 4.69) is 15.0 Å². The lowest BCUT2D eigenvalue weighted by atomic mass is 10.0. The Morgan fingerprint density at radius 1 is 1.44 bits per heavy atom. The van der Waals surface area contributed by atoms with Gasteiger partial charge >= 0.3 is 0 Å². The Bertz CT molecular complexity index is 485. The summed E-state index contributed by atoms with van der Waals surface area (Å²) in [6.07, 6.45) is 0. The van der Waals surface area contributed by atoms with Crippen molar-refractivity contribution >= 4 is 11.5 Å². The number of rotatable bonds is 3. The van der Waals surface area contributed by atoms with E-state index in [9.17, 15) is 4.39 Å². The summed E-state index contributed by atoms with van der Waals surface area (Å²) in [5, 5.41) is 3.89. The van der Waals surface area contributed by atoms with Crippen molar-refractivity contribution in [3.05, 3.63) is 46.2 Å². The first kappa shape index (κ1) is 11.1. The van der Waals surface area contributed by atoms with Crippen molar-refractivity contribution in [3.63, 3.8) is 0 Å². The predicted octanol–water partition coefficient (Wildman–Crippen LogP) is 1.54. The zero-order valence-electron chi connectivity index (χ0n) is 8.64. The van der Waals surface area contributed by atoms with Gasteiger partial charge in [0, 0.05) is 5.56 Å². The van der Waals surface area contributed by atoms with E-state index in [0.717, 1.165) is 10.6 Å². The van der Waals surface area contributed by atoms with E-state index in [-0.39, 0.29) is 5.82 Å². The van der Waals surface area contributed by atoms with Crippen LogP contribution in [0, 0.1) is 12.7 Å². The smallest absolute Gasteiger partial charge is 0.128 e. The number of hydrogen-bond donors (Lipinski definition) is 2. The molecule has 1 aromatic carbocycles. The molecule has 0 aliphatic rings. The Hall–Kier alpha value is -1.37. The molecule has 0 fully saturated rings. The molecule has 4 nitrogen and oxygen atoms in total. The van der Waals surface area contributed by atoms with Crippen LogP contribution < -0.4 is 11.3 Å². The van der Waals surface area contributed by atoms with Crippen LogP contribution in [0.2, 0.25) is 0 Å². The molecule has 0 spiro atoms. The number of hydrogen-bond acceptors (Lipinski definition) is 5. The summed E-state index contributed by atoms with van der Waals surface area (Å²) in [5.74, 6) is 5.17. The molecule has 1 unspecified atom stereocenters. The maximum absolute atomic E-state index is 13.6. The van der Waals surface area contributed by atoms with Crippen LogP contribution in [-0.2, 0) is 0 Å². The van der Waals surface area contributed by atoms with Gasteiger partial charge in [0.25, 0.3) is 0 Å². The molecule has 0 saturated heterocycles. The molecule has 2 aromatic rings. The van der Waals surface area contributed by atoms with Crippen molar-refractivity contribution in [2.45, 2.75) is 13.0 Å². The van der Waals surface area contributed by atoms with Gasteiger partial charge in [0.2, 0.25) is 0 Å². The molecule has 0 aliphatic carbocycles. The highest BCUT2D eigenvalue weighted by Gasteiger charge is 2.20. The fourth-order valence-electron chi connectivity index (χ4n) is 1.52. The average molecular weight is 238 g/mol. The topological polar surface area (TPSA) is 63.8 Å². The van der Waals surface area contributed by atoms with Crippen molar-refractivity contribution in [2.75, 3.05) is 0 Å². The number of aromatic nitrogens is 2. The number of nitrogens with one attached hydrogen (secondary N) is 1. The molecular weight excluding hydrogens is 227 g/mol. The molecule has 1 atom stereocenters. The van der Waals surface area contributed by atoms with Gasteiger partial charge in [-0.05, 0) is 24.5 Å². The van der Waals surface area contributed by atoms with Gasteiger partial charge in [-0.3, -0.25) is 5.84 Å². The molecule has 84 valence electrons. The molecule has 16 heavy (non-hydrogen) atoms. The zero-order valence-corrected chi connectivity index (χ0v) is 9.46. The minimum Gasteiger partial charge on any atom is -0.271 e. The highest BCUT2D eigenvalue weighted by molar-refractivity contribution is 7.05. The van der Waals surface area contributed by atoms with Crippen LogP contribution in [0.1, 0.15) is 22.2 Å². The van der Waals surface area contributed by atoms with Crippen LogP contribution in [0.25, 0.3) is 0 Å². The van der Waals surface area contributed by atoms with E-state index in [4.69, 9.17) is 5.84 Å². The fourth-order valence-corrected chi connectivity index (χ4v) is 2.24. The maximum atomic E-state index is 13.6. The van der Waals surface area contributed by atoms with Crippen LogP contribution in [0.5, 0.6) is 0 Å². The summed E-state index contributed by atoms with van der Waals surface area (Å²) in [4.78, 5) is 0.826. The van der Waals surface area contributed by atoms with Crippen molar-refractivity contribution in [3.8, 4) is 0 Å². The molecule has 6 heteroatoms. The van der Waals surface area contributed by atoms with Crippen LogP contribution >= 0.6 is 11.5 Å². The molecule has 0 amide bonds. The molecule has 1 aromatic heterocycles. The third-order valence-electron chi connectivity index (χ3n) is 2.33. The first-order valence-corrected chi connectivity index (χ1v) is 5.50. The van der Waals surface area contributed by atoms with Gasteiger partial charge in [0.05, 0.1) is 16.6 Å². The van der Waals surface area contributed by atoms with E-state index < -0.39 is 6.04 Å². The Balaban J connectivity index is 2.45. The lowest BCUT2D eigenvalue weighted by molar-refractivity contribution is 0.562. The summed E-state index contributed by atoms with van der Waals surface area (Å²) >= 11 is 1.22. The van der Waals surface area contributed by atoms with E-state index in [1.165, 1.54) is 17.6 Å². The number of nitrogens with two attached hydrogens (primary N) is 1. The summed E-state index contributed by atoms with van der Waals surface area (Å²) in [6, 6.07) is 6.11. The largest absolute Gasteiger partial charge is 0.271 e. The average Bonchev–Trinajstić information content (AvgIpc) is 2.69. The lowest BCUT2D eigenvalue weighted by Crippen LogP contribution is -2.29. The SMILES string of the molecule is Cc1nnsc1C(NN)c1ccccc1F. The number of halogens is 1. The molecule has 0 bridgehead atoms. The predicted molar refractivity (Wildman–Crippen MR) is 60.2 cm³/mol. The van der Waals surface area contributed by atoms with Gasteiger partial charge in [0.1, 0.15) is 5.82 Å². The molecule has 0 radical (unpaired) electrons. The second-order valence-corrected chi connectivity index (χ2v) is 4.13. The first-order valence-electron chi connectivity index (χ1n) is 4.73. The van der Waals surface area contributed by atoms with Crippen LogP contribution in [-0.4, -0.2) is 9.59 Å². The second-order valence-electron chi connectivity index (χ2n) is 3.34. The van der Waals surface area contributed by atoms with Gasteiger partial charge in [-0.1, -0.05) is 22.7 Å². The number of hydrazine groups is 1. The van der Waals surface area contributed by atoms with E-state index in [1.807, 2.05) is 6.92 Å². The number of aryl methyl sites for hydroxylation is 1. The molecule has 2 rings (SSSR count). The van der Waals surface area contributed by atoms with Crippen molar-refractivity contribution in [1.82, 2.24) is 15.0 Å². The minimum absolute atomic E-state index is 0.293. The fraction of sp³-hybridized carbons (Fsp3) is 0.200. The summed E-state index contributed by atoms with van der Waals surface area (Å²) in [7, 11) is 0. The van der Waals surface area contributed by atoms with Gasteiger partial charge in [-0.15, -0.1) is 5.10 Å². The second kappa shape index (κ2) is 4.65. The standard InChI is InChI=1S/C10H11FN4S/c1-6-10(16-15-14-6)9(13-12)7-4-2-3-5-8(7)11/h2-5,9,13H,12H2,1H3. The molecule has 0 saturated carbocycles. The van der Waals surface area contributed by atoms with Crippen LogP contribution in [0.4, 0.5) is 4.39 Å². The zero-order chi connectivity index (χ0) is 11.5. The highest BCUT2D eigenvalue weighted by Crippen LogP contribution is 2.27. The number of benzene rings is 1. The van der Waals surface area contributed by atoms with Crippen molar-refractivity contribution < 1.29 is 4.39 Å². The third-order valence-corrected chi connectivity index (χ3v) is 3.22. The summed E-state index contributed by atoms with van der Waals surface area (Å²) in [5.41, 5.74) is 3.85. The Morgan fingerprint density at radius 3 is 2.75 bits per heavy atom. The van der Waals surface area contributed by atoms with Crippen LogP contribution in [0.15, 0.2) is 24.3 Å². The van der Waals surface area contributed by atoms with E-state index in [1.54, 1.807) is 18.2 Å². The quantitative estimate of drug-likeness (QED) is 0.629. The normalized spacial score (nSPS) is 12.7. The van der Waals surface area contributed by atoms with Crippen molar-refractivity contribution in [2.24, 2.45) is 5.84 Å². The van der Waals surface area contributed by atoms with E-state index in [0.29, 0.717) is 5.56 Å². The van der Waals surface area contributed by atoms with Crippen LogP contribution in [0.3, 0.4) is 0 Å². The van der Waals surface area contributed by atoms with Crippen molar-refractivity contribution in [1.29, 1.82) is 0 Å². The Labute approximate surface area is 96.4 Å². The third kappa shape index (κ3) is 1.95. The van der Waals surface area contributed by atoms with Gasteiger partial charge in [0.15, 0.2) is 0 Å². The summed E-state index contributed by atoms with van der Waals surface area (Å²) in [6.45, 7) is 1.82. The van der Waals surface area contributed by atoms with Gasteiger partial charge in [-0.25, -0.2) is 9.82 Å². The Morgan fingerprint density at radius 2 is 2.19 bits per heavy atom. The molecular formula is C10H11FN4S. The van der Waals surface area contributed by atoms with Gasteiger partial charge in [-0.2, -0.15) is 0 Å². The number of nitrogens with zero attached hydrogens (tertiary/aromatic N) is 2. The highest BCUT2D eigenvalue weighted by atomic mass is 32.1. The van der Waals surface area contributed by atoms with E-state index >= 15 is 0 Å².